The minimum Gasteiger partial charge on any atom is -0.497 e. The number of rotatable bonds is 11. The molecule has 0 bridgehead atoms. The summed E-state index contributed by atoms with van der Waals surface area (Å²) in [7, 11) is 1.46. The number of anilines is 1. The lowest BCUT2D eigenvalue weighted by Gasteiger charge is -2.22. The molecular weight excluding hydrogens is 486 g/mol. The number of nitrogens with one attached hydrogen (secondary N) is 2. The average molecular weight is 513 g/mol. The second-order valence-corrected chi connectivity index (χ2v) is 8.26. The van der Waals surface area contributed by atoms with Crippen LogP contribution in [0.2, 0.25) is 0 Å². The number of hydrogen-bond acceptors (Lipinski definition) is 7. The molecule has 0 fully saturated rings. The second-order valence-electron chi connectivity index (χ2n) is 8.26. The minimum absolute atomic E-state index is 0.0400. The lowest BCUT2D eigenvalue weighted by atomic mass is 9.93. The molecule has 0 aliphatic heterocycles. The van der Waals surface area contributed by atoms with E-state index in [0.29, 0.717) is 33.7 Å². The molecule has 0 aliphatic rings. The Bertz CT molecular complexity index is 1420. The lowest BCUT2D eigenvalue weighted by molar-refractivity contribution is 0.0970. The van der Waals surface area contributed by atoms with Gasteiger partial charge in [-0.2, -0.15) is 0 Å². The van der Waals surface area contributed by atoms with Crippen molar-refractivity contribution in [2.24, 2.45) is 0 Å². The monoisotopic (exact) mass is 512 g/mol. The van der Waals surface area contributed by atoms with Gasteiger partial charge >= 0.3 is 0 Å². The van der Waals surface area contributed by atoms with Crippen LogP contribution in [0.4, 0.5) is 14.5 Å². The maximum atomic E-state index is 14.5. The summed E-state index contributed by atoms with van der Waals surface area (Å²) in [6.07, 6.45) is 1.44. The van der Waals surface area contributed by atoms with Crippen LogP contribution in [0.3, 0.4) is 0 Å². The van der Waals surface area contributed by atoms with Crippen LogP contribution in [0, 0.1) is 11.6 Å². The van der Waals surface area contributed by atoms with Crippen molar-refractivity contribution in [3.63, 3.8) is 0 Å². The van der Waals surface area contributed by atoms with Crippen molar-refractivity contribution < 1.29 is 38.4 Å². The van der Waals surface area contributed by atoms with Crippen LogP contribution in [0.25, 0.3) is 10.9 Å². The summed E-state index contributed by atoms with van der Waals surface area (Å²) < 4.78 is 39.3. The molecule has 194 valence electrons. The number of carbonyl (C=O) groups excluding carboxylic acids is 1. The summed E-state index contributed by atoms with van der Waals surface area (Å²) in [6, 6.07) is 10.0. The van der Waals surface area contributed by atoms with Crippen LogP contribution in [0.1, 0.15) is 33.1 Å². The number of halogens is 2. The number of Topliss-reactive ketones (excluding diaryl/α,β-unsaturated/α-hetero) is 1. The van der Waals surface area contributed by atoms with Crippen LogP contribution in [-0.4, -0.2) is 46.4 Å². The molecule has 0 amide bonds. The first-order chi connectivity index (χ1) is 17.9. The number of aliphatic hydroxyl groups excluding tert-OH is 3. The highest BCUT2D eigenvalue weighted by Crippen LogP contribution is 2.33. The van der Waals surface area contributed by atoms with Crippen molar-refractivity contribution >= 4 is 22.4 Å². The molecular formula is C27H26F2N2O6. The molecule has 1 unspecified atom stereocenters. The van der Waals surface area contributed by atoms with Crippen LogP contribution in [-0.2, 0) is 13.2 Å². The number of fused-ring (bicyclic) bond motifs is 1. The summed E-state index contributed by atoms with van der Waals surface area (Å²) in [5.74, 6) is -0.940. The van der Waals surface area contributed by atoms with Gasteiger partial charge in [0.25, 0.3) is 0 Å². The van der Waals surface area contributed by atoms with Gasteiger partial charge in [-0.25, -0.2) is 8.78 Å². The molecule has 3 aromatic carbocycles. The summed E-state index contributed by atoms with van der Waals surface area (Å²) in [5.41, 5.74) is 1.61. The van der Waals surface area contributed by atoms with E-state index < -0.39 is 36.7 Å². The number of hydrogen-bond donors (Lipinski definition) is 5. The Morgan fingerprint density at radius 3 is 2.46 bits per heavy atom. The number of aliphatic hydroxyl groups is 3. The average Bonchev–Trinajstić information content (AvgIpc) is 3.32. The number of ketones is 1. The third-order valence-electron chi connectivity index (χ3n) is 5.92. The predicted octanol–water partition coefficient (Wildman–Crippen LogP) is 3.85. The van der Waals surface area contributed by atoms with Gasteiger partial charge in [0, 0.05) is 52.1 Å². The van der Waals surface area contributed by atoms with E-state index in [4.69, 9.17) is 14.6 Å². The molecule has 1 aromatic heterocycles. The number of benzene rings is 3. The van der Waals surface area contributed by atoms with Crippen LogP contribution in [0.15, 0.2) is 54.7 Å². The van der Waals surface area contributed by atoms with Crippen molar-refractivity contribution in [3.05, 3.63) is 88.6 Å². The Kier molecular flexibility index (Phi) is 8.02. The molecule has 0 aliphatic carbocycles. The van der Waals surface area contributed by atoms with E-state index >= 15 is 0 Å². The Hall–Kier alpha value is -3.99. The maximum Gasteiger partial charge on any atom is 0.191 e. The third-order valence-corrected chi connectivity index (χ3v) is 5.92. The van der Waals surface area contributed by atoms with Gasteiger partial charge in [-0.3, -0.25) is 4.79 Å². The summed E-state index contributed by atoms with van der Waals surface area (Å²) in [4.78, 5) is 16.9. The van der Waals surface area contributed by atoms with E-state index in [1.54, 1.807) is 18.2 Å². The van der Waals surface area contributed by atoms with Gasteiger partial charge in [-0.1, -0.05) is 6.07 Å². The van der Waals surface area contributed by atoms with Gasteiger partial charge < -0.3 is 35.1 Å². The summed E-state index contributed by atoms with van der Waals surface area (Å²) in [6.45, 7) is -1.19. The van der Waals surface area contributed by atoms with E-state index in [1.165, 1.54) is 37.6 Å². The van der Waals surface area contributed by atoms with E-state index in [1.807, 2.05) is 0 Å². The zero-order valence-corrected chi connectivity index (χ0v) is 19.9. The van der Waals surface area contributed by atoms with Crippen LogP contribution in [0.5, 0.6) is 11.5 Å². The quantitative estimate of drug-likeness (QED) is 0.193. The van der Waals surface area contributed by atoms with E-state index in [9.17, 15) is 23.8 Å². The molecule has 1 heterocycles. The highest BCUT2D eigenvalue weighted by atomic mass is 19.1. The van der Waals surface area contributed by atoms with Crippen molar-refractivity contribution in [2.45, 2.75) is 19.3 Å². The first kappa shape index (κ1) is 26.1. The van der Waals surface area contributed by atoms with Gasteiger partial charge in [0.2, 0.25) is 0 Å². The first-order valence-corrected chi connectivity index (χ1v) is 11.4. The zero-order valence-electron chi connectivity index (χ0n) is 19.9. The van der Waals surface area contributed by atoms with Crippen molar-refractivity contribution in [3.8, 4) is 11.5 Å². The van der Waals surface area contributed by atoms with Gasteiger partial charge in [0.1, 0.15) is 35.8 Å². The molecule has 0 saturated carbocycles. The van der Waals surface area contributed by atoms with Crippen molar-refractivity contribution in [1.82, 2.24) is 4.98 Å². The Morgan fingerprint density at radius 2 is 1.76 bits per heavy atom. The fourth-order valence-corrected chi connectivity index (χ4v) is 4.13. The largest absolute Gasteiger partial charge is 0.497 e. The van der Waals surface area contributed by atoms with E-state index in [-0.39, 0.29) is 29.9 Å². The Labute approximate surface area is 211 Å². The molecule has 0 radical (unpaired) electrons. The smallest absolute Gasteiger partial charge is 0.191 e. The Morgan fingerprint density at radius 1 is 1.00 bits per heavy atom. The lowest BCUT2D eigenvalue weighted by Crippen LogP contribution is -2.23. The first-order valence-electron chi connectivity index (χ1n) is 11.4. The van der Waals surface area contributed by atoms with Gasteiger partial charge in [0.05, 0.1) is 26.9 Å². The van der Waals surface area contributed by atoms with Crippen LogP contribution < -0.4 is 14.8 Å². The molecule has 8 nitrogen and oxygen atoms in total. The molecule has 1 atom stereocenters. The fourth-order valence-electron chi connectivity index (χ4n) is 4.13. The van der Waals surface area contributed by atoms with Crippen molar-refractivity contribution in [1.29, 1.82) is 0 Å². The number of carbonyl (C=O) groups is 1. The molecule has 0 saturated heterocycles. The van der Waals surface area contributed by atoms with E-state index in [0.717, 1.165) is 6.07 Å². The summed E-state index contributed by atoms with van der Waals surface area (Å²) in [5, 5.41) is 31.8. The molecule has 37 heavy (non-hydrogen) atoms. The van der Waals surface area contributed by atoms with Crippen molar-refractivity contribution in [2.75, 3.05) is 25.6 Å². The molecule has 5 N–H and O–H groups in total. The fraction of sp³-hybridized carbons (Fsp3) is 0.222. The SMILES string of the molecule is COc1cc(NC(C(=O)c2c[nH]c3cc(CO)c(F)cc23)c2ccc(F)cc2CO)cc(OCCO)c1. The minimum atomic E-state index is -1.12. The normalized spacial score (nSPS) is 11.9. The highest BCUT2D eigenvalue weighted by molar-refractivity contribution is 6.11. The topological polar surface area (TPSA) is 124 Å². The number of methoxy groups -OCH3 is 1. The molecule has 4 aromatic rings. The maximum absolute atomic E-state index is 14.5. The molecule has 4 rings (SSSR count). The predicted molar refractivity (Wildman–Crippen MR) is 133 cm³/mol. The zero-order chi connectivity index (χ0) is 26.5. The number of aromatic nitrogens is 1. The molecule has 0 spiro atoms. The van der Waals surface area contributed by atoms with Crippen LogP contribution >= 0.6 is 0 Å². The molecule has 10 heteroatoms. The van der Waals surface area contributed by atoms with Gasteiger partial charge in [-0.15, -0.1) is 0 Å². The van der Waals surface area contributed by atoms with E-state index in [2.05, 4.69) is 10.3 Å². The van der Waals surface area contributed by atoms with Gasteiger partial charge in [0.15, 0.2) is 5.78 Å². The van der Waals surface area contributed by atoms with Gasteiger partial charge in [-0.05, 0) is 35.4 Å². The highest BCUT2D eigenvalue weighted by Gasteiger charge is 2.27. The number of ether oxygens (including phenoxy) is 2. The number of aromatic amines is 1. The standard InChI is InChI=1S/C27H26F2N2O6/c1-36-19-8-18(9-20(10-19)37-5-4-32)31-26(21-3-2-17(28)6-15(21)13-33)27(35)23-12-30-25-7-16(14-34)24(29)11-22(23)25/h2-3,6-12,26,30-34H,4-5,13-14H2,1H3. The Balaban J connectivity index is 1.82. The number of H-pyrrole nitrogens is 1. The third kappa shape index (κ3) is 5.56. The second kappa shape index (κ2) is 11.4. The summed E-state index contributed by atoms with van der Waals surface area (Å²) >= 11 is 0.